The number of thiophene rings is 1. The highest BCUT2D eigenvalue weighted by Crippen LogP contribution is 2.34. The Balaban J connectivity index is 2.32. The van der Waals surface area contributed by atoms with Crippen molar-refractivity contribution in [1.29, 1.82) is 0 Å². The molecule has 0 aliphatic rings. The van der Waals surface area contributed by atoms with Crippen LogP contribution < -0.4 is 10.1 Å². The molecule has 4 heteroatoms. The van der Waals surface area contributed by atoms with Crippen LogP contribution in [0.25, 0.3) is 0 Å². The Labute approximate surface area is 133 Å². The molecule has 0 spiro atoms. The van der Waals surface area contributed by atoms with Crippen molar-refractivity contribution in [2.24, 2.45) is 0 Å². The van der Waals surface area contributed by atoms with E-state index < -0.39 is 0 Å². The molecule has 0 bridgehead atoms. The Morgan fingerprint density at radius 1 is 1.30 bits per heavy atom. The molecule has 1 N–H and O–H groups in total. The number of rotatable bonds is 6. The Kier molecular flexibility index (Phi) is 5.64. The van der Waals surface area contributed by atoms with Gasteiger partial charge in [-0.3, -0.25) is 0 Å². The number of ether oxygens (including phenoxy) is 1. The molecule has 1 atom stereocenters. The number of halogens is 1. The van der Waals surface area contributed by atoms with Gasteiger partial charge in [-0.15, -0.1) is 11.3 Å². The first-order valence-electron chi connectivity index (χ1n) is 6.84. The van der Waals surface area contributed by atoms with Crippen molar-refractivity contribution < 1.29 is 4.74 Å². The topological polar surface area (TPSA) is 21.3 Å². The summed E-state index contributed by atoms with van der Waals surface area (Å²) < 4.78 is 6.95. The van der Waals surface area contributed by atoms with Crippen LogP contribution in [0.5, 0.6) is 5.75 Å². The lowest BCUT2D eigenvalue weighted by Gasteiger charge is -2.19. The lowest BCUT2D eigenvalue weighted by molar-refractivity contribution is 0.242. The Morgan fingerprint density at radius 3 is 2.70 bits per heavy atom. The van der Waals surface area contributed by atoms with Gasteiger partial charge >= 0.3 is 0 Å². The second kappa shape index (κ2) is 7.25. The third-order valence-corrected chi connectivity index (χ3v) is 4.81. The molecule has 20 heavy (non-hydrogen) atoms. The van der Waals surface area contributed by atoms with Gasteiger partial charge in [0.15, 0.2) is 0 Å². The van der Waals surface area contributed by atoms with E-state index >= 15 is 0 Å². The summed E-state index contributed by atoms with van der Waals surface area (Å²) in [7, 11) is 0. The van der Waals surface area contributed by atoms with Crippen molar-refractivity contribution in [2.75, 3.05) is 6.54 Å². The lowest BCUT2D eigenvalue weighted by Crippen LogP contribution is -2.21. The van der Waals surface area contributed by atoms with Crippen molar-refractivity contribution in [2.45, 2.75) is 32.9 Å². The molecule has 1 aromatic heterocycles. The first-order chi connectivity index (χ1) is 9.61. The van der Waals surface area contributed by atoms with Crippen LogP contribution in [0.4, 0.5) is 0 Å². The smallest absolute Gasteiger partial charge is 0.120 e. The monoisotopic (exact) mass is 353 g/mol. The SMILES string of the molecule is CCNC(c1cccc(OC(C)C)c1)c1sccc1Br. The van der Waals surface area contributed by atoms with Crippen molar-refractivity contribution in [1.82, 2.24) is 5.32 Å². The third kappa shape index (κ3) is 3.84. The van der Waals surface area contributed by atoms with Gasteiger partial charge in [0.25, 0.3) is 0 Å². The molecule has 0 fully saturated rings. The largest absolute Gasteiger partial charge is 0.491 e. The van der Waals surface area contributed by atoms with Crippen LogP contribution in [-0.4, -0.2) is 12.6 Å². The Bertz CT molecular complexity index is 553. The molecule has 0 aliphatic carbocycles. The summed E-state index contributed by atoms with van der Waals surface area (Å²) in [5.74, 6) is 0.924. The quantitative estimate of drug-likeness (QED) is 0.789. The molecule has 0 saturated heterocycles. The van der Waals surface area contributed by atoms with Crippen LogP contribution >= 0.6 is 27.3 Å². The van der Waals surface area contributed by atoms with Crippen LogP contribution in [-0.2, 0) is 0 Å². The Morgan fingerprint density at radius 2 is 2.10 bits per heavy atom. The average molecular weight is 354 g/mol. The van der Waals surface area contributed by atoms with Crippen molar-refractivity contribution in [3.05, 3.63) is 50.6 Å². The number of benzene rings is 1. The van der Waals surface area contributed by atoms with E-state index in [-0.39, 0.29) is 12.1 Å². The van der Waals surface area contributed by atoms with Crippen LogP contribution in [0, 0.1) is 0 Å². The van der Waals surface area contributed by atoms with Crippen LogP contribution in [0.15, 0.2) is 40.2 Å². The highest BCUT2D eigenvalue weighted by atomic mass is 79.9. The zero-order valence-electron chi connectivity index (χ0n) is 12.0. The summed E-state index contributed by atoms with van der Waals surface area (Å²) in [5, 5.41) is 5.66. The minimum Gasteiger partial charge on any atom is -0.491 e. The van der Waals surface area contributed by atoms with Gasteiger partial charge in [-0.2, -0.15) is 0 Å². The molecule has 1 unspecified atom stereocenters. The van der Waals surface area contributed by atoms with Crippen molar-refractivity contribution in [3.63, 3.8) is 0 Å². The van der Waals surface area contributed by atoms with Crippen LogP contribution in [0.1, 0.15) is 37.3 Å². The fourth-order valence-corrected chi connectivity index (χ4v) is 3.82. The summed E-state index contributed by atoms with van der Waals surface area (Å²) in [5.41, 5.74) is 1.23. The van der Waals surface area contributed by atoms with Gasteiger partial charge in [0.05, 0.1) is 12.1 Å². The number of nitrogens with one attached hydrogen (secondary N) is 1. The van der Waals surface area contributed by atoms with Gasteiger partial charge in [-0.1, -0.05) is 19.1 Å². The van der Waals surface area contributed by atoms with Gasteiger partial charge in [-0.25, -0.2) is 0 Å². The molecule has 2 nitrogen and oxygen atoms in total. The maximum absolute atomic E-state index is 5.79. The van der Waals surface area contributed by atoms with E-state index in [1.165, 1.54) is 10.4 Å². The maximum Gasteiger partial charge on any atom is 0.120 e. The van der Waals surface area contributed by atoms with E-state index in [2.05, 4.69) is 57.8 Å². The third-order valence-electron chi connectivity index (χ3n) is 2.88. The summed E-state index contributed by atoms with van der Waals surface area (Å²) >= 11 is 5.39. The van der Waals surface area contributed by atoms with E-state index in [1.54, 1.807) is 11.3 Å². The molecular weight excluding hydrogens is 334 g/mol. The first kappa shape index (κ1) is 15.5. The van der Waals surface area contributed by atoms with E-state index in [4.69, 9.17) is 4.74 Å². The van der Waals surface area contributed by atoms with Crippen LogP contribution in [0.2, 0.25) is 0 Å². The summed E-state index contributed by atoms with van der Waals surface area (Å²) in [6, 6.07) is 10.6. The summed E-state index contributed by atoms with van der Waals surface area (Å²) in [6.45, 7) is 7.14. The minimum absolute atomic E-state index is 0.191. The number of hydrogen-bond acceptors (Lipinski definition) is 3. The fourth-order valence-electron chi connectivity index (χ4n) is 2.12. The second-order valence-electron chi connectivity index (χ2n) is 4.86. The predicted octanol–water partition coefficient (Wildman–Crippen LogP) is 5.00. The number of hydrogen-bond donors (Lipinski definition) is 1. The molecule has 2 rings (SSSR count). The lowest BCUT2D eigenvalue weighted by atomic mass is 10.0. The first-order valence-corrected chi connectivity index (χ1v) is 8.52. The molecule has 0 aliphatic heterocycles. The average Bonchev–Trinajstić information content (AvgIpc) is 2.81. The van der Waals surface area contributed by atoms with Gasteiger partial charge in [-0.05, 0) is 65.5 Å². The second-order valence-corrected chi connectivity index (χ2v) is 6.66. The normalized spacial score (nSPS) is 12.7. The van der Waals surface area contributed by atoms with Crippen molar-refractivity contribution in [3.8, 4) is 5.75 Å². The van der Waals surface area contributed by atoms with Gasteiger partial charge in [0, 0.05) is 9.35 Å². The molecule has 0 amide bonds. The highest BCUT2D eigenvalue weighted by Gasteiger charge is 2.17. The minimum atomic E-state index is 0.191. The van der Waals surface area contributed by atoms with Crippen molar-refractivity contribution >= 4 is 27.3 Å². The van der Waals surface area contributed by atoms with Gasteiger partial charge in [0.1, 0.15) is 5.75 Å². The molecule has 0 radical (unpaired) electrons. The fraction of sp³-hybridized carbons (Fsp3) is 0.375. The standard InChI is InChI=1S/C16H20BrNOS/c1-4-18-15(16-14(17)8-9-20-16)12-6-5-7-13(10-12)19-11(2)3/h5-11,15,18H,4H2,1-3H3. The molecule has 1 aromatic carbocycles. The van der Waals surface area contributed by atoms with E-state index in [9.17, 15) is 0 Å². The molecule has 0 saturated carbocycles. The highest BCUT2D eigenvalue weighted by molar-refractivity contribution is 9.10. The van der Waals surface area contributed by atoms with E-state index in [0.29, 0.717) is 0 Å². The van der Waals surface area contributed by atoms with Gasteiger partial charge < -0.3 is 10.1 Å². The zero-order chi connectivity index (χ0) is 14.5. The maximum atomic E-state index is 5.79. The van der Waals surface area contributed by atoms with E-state index in [0.717, 1.165) is 16.8 Å². The summed E-state index contributed by atoms with van der Waals surface area (Å²) in [6.07, 6.45) is 0.191. The summed E-state index contributed by atoms with van der Waals surface area (Å²) in [4.78, 5) is 1.30. The van der Waals surface area contributed by atoms with Gasteiger partial charge in [0.2, 0.25) is 0 Å². The molecule has 2 aromatic rings. The predicted molar refractivity (Wildman–Crippen MR) is 89.7 cm³/mol. The zero-order valence-corrected chi connectivity index (χ0v) is 14.4. The van der Waals surface area contributed by atoms with Crippen LogP contribution in [0.3, 0.4) is 0 Å². The Hall–Kier alpha value is -0.840. The van der Waals surface area contributed by atoms with E-state index in [1.807, 2.05) is 19.9 Å². The molecule has 1 heterocycles. The molecular formula is C16H20BrNOS. The molecule has 108 valence electrons.